The Labute approximate surface area is 150 Å². The molecule has 1 heterocycles. The predicted molar refractivity (Wildman–Crippen MR) is 103 cm³/mol. The minimum absolute atomic E-state index is 0.131. The third-order valence-corrected chi connectivity index (χ3v) is 4.76. The van der Waals surface area contributed by atoms with Crippen LogP contribution in [0.4, 0.5) is 5.69 Å². The van der Waals surface area contributed by atoms with Gasteiger partial charge in [-0.15, -0.1) is 0 Å². The van der Waals surface area contributed by atoms with E-state index in [-0.39, 0.29) is 5.91 Å². The monoisotopic (exact) mass is 337 g/mol. The molecule has 1 fully saturated rings. The highest BCUT2D eigenvalue weighted by molar-refractivity contribution is 5.76. The lowest BCUT2D eigenvalue weighted by atomic mass is 10.1. The van der Waals surface area contributed by atoms with Crippen molar-refractivity contribution in [1.82, 2.24) is 10.2 Å². The van der Waals surface area contributed by atoms with Crippen molar-refractivity contribution in [1.29, 1.82) is 0 Å². The molecule has 1 N–H and O–H groups in total. The number of aryl methyl sites for hydroxylation is 1. The molecule has 0 saturated carbocycles. The number of benzene rings is 2. The maximum atomic E-state index is 12.1. The second kappa shape index (κ2) is 8.67. The predicted octanol–water partition coefficient (Wildman–Crippen LogP) is 2.82. The van der Waals surface area contributed by atoms with Crippen molar-refractivity contribution in [3.63, 3.8) is 0 Å². The van der Waals surface area contributed by atoms with Crippen molar-refractivity contribution < 1.29 is 4.79 Å². The first-order chi connectivity index (χ1) is 12.2. The smallest absolute Gasteiger partial charge is 0.221 e. The van der Waals surface area contributed by atoms with Crippen LogP contribution in [0.2, 0.25) is 0 Å². The molecule has 0 bridgehead atoms. The van der Waals surface area contributed by atoms with Gasteiger partial charge in [0.2, 0.25) is 5.91 Å². The number of hydrogen-bond acceptors (Lipinski definition) is 3. The summed E-state index contributed by atoms with van der Waals surface area (Å²) in [6.07, 6.45) is 0.567. The van der Waals surface area contributed by atoms with Gasteiger partial charge >= 0.3 is 0 Å². The van der Waals surface area contributed by atoms with Gasteiger partial charge in [0.15, 0.2) is 0 Å². The summed E-state index contributed by atoms with van der Waals surface area (Å²) in [6, 6.07) is 18.8. The Hall–Kier alpha value is -2.33. The lowest BCUT2D eigenvalue weighted by molar-refractivity contribution is -0.121. The highest BCUT2D eigenvalue weighted by Gasteiger charge is 2.17. The maximum absolute atomic E-state index is 12.1. The number of rotatable bonds is 6. The molecule has 1 aliphatic rings. The lowest BCUT2D eigenvalue weighted by Crippen LogP contribution is -2.47. The fourth-order valence-electron chi connectivity index (χ4n) is 3.12. The fraction of sp³-hybridized carbons (Fsp3) is 0.381. The van der Waals surface area contributed by atoms with E-state index in [0.717, 1.165) is 38.3 Å². The third-order valence-electron chi connectivity index (χ3n) is 4.76. The average molecular weight is 337 g/mol. The van der Waals surface area contributed by atoms with E-state index in [1.54, 1.807) is 0 Å². The van der Waals surface area contributed by atoms with E-state index >= 15 is 0 Å². The first-order valence-electron chi connectivity index (χ1n) is 9.05. The molecule has 25 heavy (non-hydrogen) atoms. The molecule has 1 amide bonds. The molecule has 1 saturated heterocycles. The Kier molecular flexibility index (Phi) is 6.07. The molecule has 2 aromatic carbocycles. The molecule has 0 aromatic heterocycles. The lowest BCUT2D eigenvalue weighted by Gasteiger charge is -2.36. The second-order valence-corrected chi connectivity index (χ2v) is 6.68. The van der Waals surface area contributed by atoms with Crippen LogP contribution >= 0.6 is 0 Å². The van der Waals surface area contributed by atoms with Gasteiger partial charge in [0.1, 0.15) is 0 Å². The van der Waals surface area contributed by atoms with Gasteiger partial charge in [-0.25, -0.2) is 0 Å². The van der Waals surface area contributed by atoms with Crippen LogP contribution in [0.5, 0.6) is 0 Å². The zero-order valence-corrected chi connectivity index (χ0v) is 14.9. The zero-order valence-electron chi connectivity index (χ0n) is 14.9. The Morgan fingerprint density at radius 2 is 1.64 bits per heavy atom. The molecular weight excluding hydrogens is 310 g/mol. The molecule has 0 unspecified atom stereocenters. The largest absolute Gasteiger partial charge is 0.369 e. The number of carbonyl (C=O) groups excluding carboxylic acids is 1. The highest BCUT2D eigenvalue weighted by Crippen LogP contribution is 2.15. The summed E-state index contributed by atoms with van der Waals surface area (Å²) in [7, 11) is 0. The standard InChI is InChI=1S/C21H27N3O/c1-18-7-9-19(10-8-18)17-22-21(25)11-12-23-13-15-24(16-14-23)20-5-3-2-4-6-20/h2-10H,11-17H2,1H3,(H,22,25). The molecule has 0 radical (unpaired) electrons. The number of anilines is 1. The third kappa shape index (κ3) is 5.33. The Morgan fingerprint density at radius 1 is 0.960 bits per heavy atom. The van der Waals surface area contributed by atoms with Crippen LogP contribution in [-0.4, -0.2) is 43.5 Å². The van der Waals surface area contributed by atoms with Crippen LogP contribution < -0.4 is 10.2 Å². The molecule has 0 aliphatic carbocycles. The van der Waals surface area contributed by atoms with Crippen molar-refractivity contribution in [2.45, 2.75) is 19.9 Å². The molecule has 2 aromatic rings. The molecule has 0 atom stereocenters. The molecule has 4 nitrogen and oxygen atoms in total. The minimum Gasteiger partial charge on any atom is -0.369 e. The van der Waals surface area contributed by atoms with E-state index in [9.17, 15) is 4.79 Å². The van der Waals surface area contributed by atoms with Gasteiger partial charge in [0, 0.05) is 51.4 Å². The fourth-order valence-corrected chi connectivity index (χ4v) is 3.12. The van der Waals surface area contributed by atoms with Crippen LogP contribution in [-0.2, 0) is 11.3 Å². The molecule has 4 heteroatoms. The van der Waals surface area contributed by atoms with Crippen LogP contribution in [0.15, 0.2) is 54.6 Å². The van der Waals surface area contributed by atoms with Gasteiger partial charge < -0.3 is 10.2 Å². The summed E-state index contributed by atoms with van der Waals surface area (Å²) in [5.74, 6) is 0.131. The Morgan fingerprint density at radius 3 is 2.32 bits per heavy atom. The average Bonchev–Trinajstić information content (AvgIpc) is 2.67. The zero-order chi connectivity index (χ0) is 17.5. The van der Waals surface area contributed by atoms with E-state index in [2.05, 4.69) is 76.6 Å². The van der Waals surface area contributed by atoms with Gasteiger partial charge in [0.05, 0.1) is 0 Å². The van der Waals surface area contributed by atoms with Crippen molar-refractivity contribution in [2.24, 2.45) is 0 Å². The van der Waals surface area contributed by atoms with Gasteiger partial charge in [-0.3, -0.25) is 9.69 Å². The van der Waals surface area contributed by atoms with Crippen molar-refractivity contribution in [2.75, 3.05) is 37.6 Å². The summed E-state index contributed by atoms with van der Waals surface area (Å²) in [5, 5.41) is 3.02. The summed E-state index contributed by atoms with van der Waals surface area (Å²) in [5.41, 5.74) is 3.68. The molecular formula is C21H27N3O. The second-order valence-electron chi connectivity index (χ2n) is 6.68. The van der Waals surface area contributed by atoms with Gasteiger partial charge in [-0.05, 0) is 24.6 Å². The van der Waals surface area contributed by atoms with Gasteiger partial charge in [-0.1, -0.05) is 48.0 Å². The SMILES string of the molecule is Cc1ccc(CNC(=O)CCN2CCN(c3ccccc3)CC2)cc1. The van der Waals surface area contributed by atoms with Crippen molar-refractivity contribution in [3.05, 3.63) is 65.7 Å². The van der Waals surface area contributed by atoms with Gasteiger partial charge in [-0.2, -0.15) is 0 Å². The highest BCUT2D eigenvalue weighted by atomic mass is 16.1. The van der Waals surface area contributed by atoms with Crippen molar-refractivity contribution in [3.8, 4) is 0 Å². The molecule has 3 rings (SSSR count). The van der Waals surface area contributed by atoms with E-state index in [4.69, 9.17) is 0 Å². The number of para-hydroxylation sites is 1. The topological polar surface area (TPSA) is 35.6 Å². The number of amides is 1. The number of piperazine rings is 1. The van der Waals surface area contributed by atoms with E-state index < -0.39 is 0 Å². The van der Waals surface area contributed by atoms with E-state index in [1.807, 2.05) is 0 Å². The molecule has 132 valence electrons. The Balaban J connectivity index is 1.35. The normalized spacial score (nSPS) is 15.2. The maximum Gasteiger partial charge on any atom is 0.221 e. The van der Waals surface area contributed by atoms with Crippen LogP contribution in [0.1, 0.15) is 17.5 Å². The van der Waals surface area contributed by atoms with Crippen LogP contribution in [0, 0.1) is 6.92 Å². The molecule has 1 aliphatic heterocycles. The van der Waals surface area contributed by atoms with E-state index in [1.165, 1.54) is 11.3 Å². The summed E-state index contributed by atoms with van der Waals surface area (Å²) in [4.78, 5) is 16.9. The number of hydrogen-bond donors (Lipinski definition) is 1. The van der Waals surface area contributed by atoms with Gasteiger partial charge in [0.25, 0.3) is 0 Å². The van der Waals surface area contributed by atoms with Crippen molar-refractivity contribution >= 4 is 11.6 Å². The van der Waals surface area contributed by atoms with E-state index in [0.29, 0.717) is 13.0 Å². The first-order valence-corrected chi connectivity index (χ1v) is 9.05. The molecule has 0 spiro atoms. The number of nitrogens with zero attached hydrogens (tertiary/aromatic N) is 2. The summed E-state index contributed by atoms with van der Waals surface area (Å²) in [6.45, 7) is 7.59. The first kappa shape index (κ1) is 17.5. The van der Waals surface area contributed by atoms with Crippen LogP contribution in [0.3, 0.4) is 0 Å². The number of carbonyl (C=O) groups is 1. The van der Waals surface area contributed by atoms with Crippen LogP contribution in [0.25, 0.3) is 0 Å². The minimum atomic E-state index is 0.131. The number of nitrogens with one attached hydrogen (secondary N) is 1. The quantitative estimate of drug-likeness (QED) is 0.880. The summed E-state index contributed by atoms with van der Waals surface area (Å²) >= 11 is 0. The summed E-state index contributed by atoms with van der Waals surface area (Å²) < 4.78 is 0. The Bertz CT molecular complexity index is 661.